The first-order chi connectivity index (χ1) is 22.7. The van der Waals surface area contributed by atoms with E-state index in [1.54, 1.807) is 22.8 Å². The van der Waals surface area contributed by atoms with E-state index in [-0.39, 0.29) is 47.4 Å². The molecule has 0 amide bonds. The number of ether oxygens (including phenoxy) is 2. The molecule has 0 radical (unpaired) electrons. The number of fused-ring (bicyclic) bond motifs is 1. The van der Waals surface area contributed by atoms with Gasteiger partial charge in [0.25, 0.3) is 0 Å². The number of nitrogens with zero attached hydrogens (tertiary/aromatic N) is 6. The molecule has 0 bridgehead atoms. The van der Waals surface area contributed by atoms with Crippen LogP contribution in [0.3, 0.4) is 0 Å². The molecule has 15 heteroatoms. The summed E-state index contributed by atoms with van der Waals surface area (Å²) in [5.74, 6) is -1.83. The van der Waals surface area contributed by atoms with Crippen molar-refractivity contribution in [2.24, 2.45) is 0 Å². The van der Waals surface area contributed by atoms with Crippen LogP contribution >= 0.6 is 11.3 Å². The molecular formula is C32H24F4N6O4S. The Kier molecular flexibility index (Phi) is 8.15. The molecule has 7 rings (SSSR count). The first kappa shape index (κ1) is 30.5. The van der Waals surface area contributed by atoms with Crippen LogP contribution in [0, 0.1) is 11.6 Å². The third-order valence-electron chi connectivity index (χ3n) is 7.72. The minimum Gasteiger partial charge on any atom is -0.478 e. The number of aromatic nitrogens is 6. The summed E-state index contributed by atoms with van der Waals surface area (Å²) in [4.78, 5) is 25.4. The number of carbonyl (C=O) groups is 1. The van der Waals surface area contributed by atoms with Gasteiger partial charge in [-0.2, -0.15) is 13.9 Å². The highest BCUT2D eigenvalue weighted by atomic mass is 32.1. The molecular weight excluding hydrogens is 640 g/mol. The maximum absolute atomic E-state index is 15.5. The maximum Gasteiger partial charge on any atom is 0.335 e. The van der Waals surface area contributed by atoms with Crippen molar-refractivity contribution in [3.8, 4) is 27.6 Å². The molecule has 1 aliphatic rings. The van der Waals surface area contributed by atoms with Crippen LogP contribution in [0.15, 0.2) is 67.1 Å². The minimum atomic E-state index is -2.75. The van der Waals surface area contributed by atoms with Crippen molar-refractivity contribution >= 4 is 28.3 Å². The molecule has 6 aromatic rings. The number of alkyl halides is 2. The Morgan fingerprint density at radius 3 is 2.70 bits per heavy atom. The molecule has 1 saturated heterocycles. The number of hydrogen-bond donors (Lipinski definition) is 1. The summed E-state index contributed by atoms with van der Waals surface area (Å²) in [6.45, 7) is -1.70. The molecule has 1 unspecified atom stereocenters. The van der Waals surface area contributed by atoms with Gasteiger partial charge < -0.3 is 19.1 Å². The standard InChI is InChI=1S/C32H24F4N6O4S/c33-22-11-21(24-2-1-3-29(40-24)46-16-30-37-13-27(47-30)19-12-38-42(14-19)32(35)36)23(34)8-18(22)10-28-39-25-5-4-17(31(43)44)9-26(25)41(28)15-20-6-7-45-20/h1-5,8-9,11-14,20,32H,6-7,10,15-16H2,(H,43,44). The SMILES string of the molecule is O=C(O)c1ccc2nc(Cc3cc(F)c(-c4cccc(OCc5ncc(-c6cnn(C(F)F)c6)s5)n4)cc3F)n(CC3CCO3)c2c1. The van der Waals surface area contributed by atoms with Gasteiger partial charge in [0.1, 0.15) is 29.1 Å². The summed E-state index contributed by atoms with van der Waals surface area (Å²) in [6, 6.07) is 11.5. The van der Waals surface area contributed by atoms with Crippen molar-refractivity contribution in [2.45, 2.75) is 38.6 Å². The van der Waals surface area contributed by atoms with Crippen LogP contribution in [0.25, 0.3) is 32.7 Å². The third kappa shape index (κ3) is 6.31. The van der Waals surface area contributed by atoms with Crippen LogP contribution in [0.2, 0.25) is 0 Å². The van der Waals surface area contributed by atoms with Crippen molar-refractivity contribution in [1.29, 1.82) is 0 Å². The monoisotopic (exact) mass is 664 g/mol. The first-order valence-electron chi connectivity index (χ1n) is 14.4. The smallest absolute Gasteiger partial charge is 0.335 e. The fourth-order valence-corrected chi connectivity index (χ4v) is 6.04. The van der Waals surface area contributed by atoms with E-state index in [0.29, 0.717) is 50.1 Å². The maximum atomic E-state index is 15.5. The normalized spacial score (nSPS) is 14.5. The van der Waals surface area contributed by atoms with Gasteiger partial charge in [-0.15, -0.1) is 11.3 Å². The second-order valence-electron chi connectivity index (χ2n) is 10.8. The molecule has 4 aromatic heterocycles. The van der Waals surface area contributed by atoms with Crippen LogP contribution in [0.4, 0.5) is 17.6 Å². The van der Waals surface area contributed by atoms with E-state index >= 15 is 8.78 Å². The molecule has 0 saturated carbocycles. The molecule has 0 aliphatic carbocycles. The number of carboxylic acids is 1. The number of aromatic carboxylic acids is 1. The van der Waals surface area contributed by atoms with E-state index in [4.69, 9.17) is 9.47 Å². The lowest BCUT2D eigenvalue weighted by Crippen LogP contribution is -2.31. The number of benzene rings is 2. The summed E-state index contributed by atoms with van der Waals surface area (Å²) in [7, 11) is 0. The van der Waals surface area contributed by atoms with Crippen LogP contribution in [0.5, 0.6) is 5.88 Å². The zero-order valence-electron chi connectivity index (χ0n) is 24.3. The Morgan fingerprint density at radius 2 is 1.96 bits per heavy atom. The van der Waals surface area contributed by atoms with Gasteiger partial charge in [0.2, 0.25) is 5.88 Å². The fraction of sp³-hybridized carbons (Fsp3) is 0.219. The van der Waals surface area contributed by atoms with Crippen LogP contribution in [0.1, 0.15) is 39.7 Å². The predicted molar refractivity (Wildman–Crippen MR) is 162 cm³/mol. The molecule has 1 fully saturated rings. The van der Waals surface area contributed by atoms with Gasteiger partial charge in [-0.25, -0.2) is 33.2 Å². The van der Waals surface area contributed by atoms with Gasteiger partial charge >= 0.3 is 12.5 Å². The Balaban J connectivity index is 1.09. The van der Waals surface area contributed by atoms with Gasteiger partial charge in [-0.05, 0) is 48.4 Å². The third-order valence-corrected chi connectivity index (χ3v) is 8.74. The second-order valence-corrected chi connectivity index (χ2v) is 11.9. The lowest BCUT2D eigenvalue weighted by atomic mass is 10.0. The summed E-state index contributed by atoms with van der Waals surface area (Å²) in [5.41, 5.74) is 1.86. The fourth-order valence-electron chi connectivity index (χ4n) is 5.23. The summed E-state index contributed by atoms with van der Waals surface area (Å²) in [5, 5.41) is 13.7. The summed E-state index contributed by atoms with van der Waals surface area (Å²) >= 11 is 1.24. The van der Waals surface area contributed by atoms with Crippen molar-refractivity contribution in [3.05, 3.63) is 101 Å². The highest BCUT2D eigenvalue weighted by Gasteiger charge is 2.24. The van der Waals surface area contributed by atoms with Gasteiger partial charge in [-0.1, -0.05) is 6.07 Å². The number of imidazole rings is 1. The van der Waals surface area contributed by atoms with Crippen molar-refractivity contribution in [2.75, 3.05) is 6.61 Å². The summed E-state index contributed by atoms with van der Waals surface area (Å²) in [6.07, 6.45) is 4.78. The van der Waals surface area contributed by atoms with Gasteiger partial charge in [0, 0.05) is 42.6 Å². The number of rotatable bonds is 11. The van der Waals surface area contributed by atoms with Crippen molar-refractivity contribution in [3.63, 3.8) is 0 Å². The largest absolute Gasteiger partial charge is 0.478 e. The molecule has 1 atom stereocenters. The zero-order chi connectivity index (χ0) is 32.7. The number of pyridine rings is 1. The summed E-state index contributed by atoms with van der Waals surface area (Å²) < 4.78 is 70.4. The highest BCUT2D eigenvalue weighted by Crippen LogP contribution is 2.30. The van der Waals surface area contributed by atoms with E-state index in [0.717, 1.165) is 18.6 Å². The molecule has 240 valence electrons. The lowest BCUT2D eigenvalue weighted by molar-refractivity contribution is -0.0589. The van der Waals surface area contributed by atoms with Gasteiger partial charge in [0.15, 0.2) is 0 Å². The van der Waals surface area contributed by atoms with Crippen molar-refractivity contribution in [1.82, 2.24) is 29.3 Å². The molecule has 0 spiro atoms. The van der Waals surface area contributed by atoms with E-state index in [2.05, 4.69) is 20.1 Å². The second kappa shape index (κ2) is 12.6. The topological polar surface area (TPSA) is 117 Å². The Hall–Kier alpha value is -5.15. The van der Waals surface area contributed by atoms with Gasteiger partial charge in [-0.3, -0.25) is 0 Å². The minimum absolute atomic E-state index is 0.0146. The average Bonchev–Trinajstić information content (AvgIpc) is 3.78. The molecule has 47 heavy (non-hydrogen) atoms. The molecule has 10 nitrogen and oxygen atoms in total. The van der Waals surface area contributed by atoms with Crippen LogP contribution in [-0.2, 0) is 24.3 Å². The Labute approximate surface area is 267 Å². The van der Waals surface area contributed by atoms with E-state index in [1.165, 1.54) is 48.1 Å². The van der Waals surface area contributed by atoms with E-state index < -0.39 is 24.2 Å². The van der Waals surface area contributed by atoms with Crippen LogP contribution < -0.4 is 4.74 Å². The molecule has 5 heterocycles. The van der Waals surface area contributed by atoms with E-state index in [9.17, 15) is 18.7 Å². The number of thiazole rings is 1. The first-order valence-corrected chi connectivity index (χ1v) is 15.2. The van der Waals surface area contributed by atoms with E-state index in [1.807, 2.05) is 0 Å². The Morgan fingerprint density at radius 1 is 1.11 bits per heavy atom. The molecule has 1 N–H and O–H groups in total. The number of halogens is 4. The highest BCUT2D eigenvalue weighted by molar-refractivity contribution is 7.15. The van der Waals surface area contributed by atoms with Gasteiger partial charge in [0.05, 0.1) is 46.0 Å². The molecule has 2 aromatic carbocycles. The average molecular weight is 665 g/mol. The Bertz CT molecular complexity index is 2110. The molecule has 1 aliphatic heterocycles. The lowest BCUT2D eigenvalue weighted by Gasteiger charge is -2.27. The van der Waals surface area contributed by atoms with Crippen LogP contribution in [-0.4, -0.2) is 53.1 Å². The van der Waals surface area contributed by atoms with Crippen molar-refractivity contribution < 1.29 is 36.9 Å². The zero-order valence-corrected chi connectivity index (χ0v) is 25.1. The predicted octanol–water partition coefficient (Wildman–Crippen LogP) is 6.75. The number of hydrogen-bond acceptors (Lipinski definition) is 8. The number of carboxylic acid groups (broad SMARTS) is 1. The quantitative estimate of drug-likeness (QED) is 0.151.